The van der Waals surface area contributed by atoms with Gasteiger partial charge < -0.3 is 5.11 Å². The zero-order chi connectivity index (χ0) is 16.7. The van der Waals surface area contributed by atoms with E-state index < -0.39 is 17.7 Å². The molecule has 0 amide bonds. The largest absolute Gasteiger partial charge is 0.387 e. The molecule has 1 aromatic rings. The lowest BCUT2D eigenvalue weighted by molar-refractivity contribution is 0.0411. The number of benzene rings is 1. The molecule has 3 fully saturated rings. The molecule has 0 aromatic heterocycles. The summed E-state index contributed by atoms with van der Waals surface area (Å²) in [4.78, 5) is 4.73. The minimum atomic E-state index is -1.11. The maximum Gasteiger partial charge on any atom is 0.131 e. The predicted octanol–water partition coefficient (Wildman–Crippen LogP) is 2.80. The predicted molar refractivity (Wildman–Crippen MR) is 88.6 cm³/mol. The van der Waals surface area contributed by atoms with Gasteiger partial charge in [-0.15, -0.1) is 0 Å². The van der Waals surface area contributed by atoms with Crippen LogP contribution in [0.25, 0.3) is 0 Å². The fourth-order valence-corrected chi connectivity index (χ4v) is 5.10. The van der Waals surface area contributed by atoms with Crippen LogP contribution in [0.4, 0.5) is 8.78 Å². The molecule has 1 saturated heterocycles. The topological polar surface area (TPSA) is 26.7 Å². The average molecular weight is 336 g/mol. The average Bonchev–Trinajstić information content (AvgIpc) is 3.18. The van der Waals surface area contributed by atoms with Gasteiger partial charge in [-0.1, -0.05) is 12.5 Å². The Morgan fingerprint density at radius 3 is 2.33 bits per heavy atom. The highest BCUT2D eigenvalue weighted by molar-refractivity contribution is 5.22. The third-order valence-electron chi connectivity index (χ3n) is 6.34. The first-order valence-corrected chi connectivity index (χ1v) is 9.20. The molecule has 4 rings (SSSR count). The number of aliphatic hydroxyl groups is 1. The van der Waals surface area contributed by atoms with E-state index in [0.29, 0.717) is 6.54 Å². The van der Waals surface area contributed by atoms with E-state index in [1.165, 1.54) is 43.9 Å². The molecule has 2 aliphatic carbocycles. The molecule has 1 heterocycles. The number of β-amino-alcohol motifs (C(OH)–C–C–N with tert-alkyl or cyclic N) is 1. The molecule has 24 heavy (non-hydrogen) atoms. The van der Waals surface area contributed by atoms with Crippen LogP contribution in [-0.2, 0) is 0 Å². The molecule has 0 radical (unpaired) electrons. The van der Waals surface area contributed by atoms with Gasteiger partial charge in [-0.2, -0.15) is 0 Å². The lowest BCUT2D eigenvalue weighted by Gasteiger charge is -2.41. The summed E-state index contributed by atoms with van der Waals surface area (Å²) < 4.78 is 27.6. The molecule has 1 aliphatic heterocycles. The standard InChI is InChI=1S/C19H26F2N2O/c20-15-2-1-3-16(21)19(15)18(24)12-22-6-8-23(9-7-22)17-11-13-4-5-14(17)10-13/h1-3,13-14,17-18,24H,4-12H2. The van der Waals surface area contributed by atoms with E-state index in [9.17, 15) is 13.9 Å². The summed E-state index contributed by atoms with van der Waals surface area (Å²) in [5, 5.41) is 10.3. The highest BCUT2D eigenvalue weighted by Crippen LogP contribution is 2.46. The van der Waals surface area contributed by atoms with Crippen molar-refractivity contribution < 1.29 is 13.9 Å². The van der Waals surface area contributed by atoms with Gasteiger partial charge in [0.05, 0.1) is 11.7 Å². The second-order valence-corrected chi connectivity index (χ2v) is 7.73. The van der Waals surface area contributed by atoms with Gasteiger partial charge in [0.25, 0.3) is 0 Å². The highest BCUT2D eigenvalue weighted by Gasteiger charge is 2.42. The van der Waals surface area contributed by atoms with Crippen LogP contribution in [0.3, 0.4) is 0 Å². The number of nitrogens with zero attached hydrogens (tertiary/aromatic N) is 2. The molecule has 2 bridgehead atoms. The van der Waals surface area contributed by atoms with Crippen LogP contribution in [0.2, 0.25) is 0 Å². The third kappa shape index (κ3) is 3.09. The van der Waals surface area contributed by atoms with Gasteiger partial charge in [0.2, 0.25) is 0 Å². The van der Waals surface area contributed by atoms with E-state index in [4.69, 9.17) is 0 Å². The molecule has 4 atom stereocenters. The Morgan fingerprint density at radius 2 is 1.75 bits per heavy atom. The summed E-state index contributed by atoms with van der Waals surface area (Å²) in [5.74, 6) is 0.509. The first kappa shape index (κ1) is 16.4. The molecule has 132 valence electrons. The molecule has 2 saturated carbocycles. The lowest BCUT2D eigenvalue weighted by atomic mass is 9.93. The number of hydrogen-bond donors (Lipinski definition) is 1. The number of halogens is 2. The summed E-state index contributed by atoms with van der Waals surface area (Å²) in [6.07, 6.45) is 4.46. The molecule has 3 aliphatic rings. The minimum Gasteiger partial charge on any atom is -0.387 e. The molecule has 5 heteroatoms. The van der Waals surface area contributed by atoms with E-state index in [1.807, 2.05) is 0 Å². The maximum absolute atomic E-state index is 13.8. The van der Waals surface area contributed by atoms with E-state index in [2.05, 4.69) is 9.80 Å². The van der Waals surface area contributed by atoms with Gasteiger partial charge in [0.15, 0.2) is 0 Å². The summed E-state index contributed by atoms with van der Waals surface area (Å²) in [6, 6.07) is 4.48. The van der Waals surface area contributed by atoms with Crippen LogP contribution in [-0.4, -0.2) is 53.7 Å². The molecule has 4 unspecified atom stereocenters. The van der Waals surface area contributed by atoms with Crippen LogP contribution in [0.5, 0.6) is 0 Å². The van der Waals surface area contributed by atoms with Crippen molar-refractivity contribution in [2.45, 2.75) is 37.8 Å². The number of piperazine rings is 1. The van der Waals surface area contributed by atoms with Gasteiger partial charge >= 0.3 is 0 Å². The molecule has 1 N–H and O–H groups in total. The van der Waals surface area contributed by atoms with Crippen molar-refractivity contribution in [2.75, 3.05) is 32.7 Å². The van der Waals surface area contributed by atoms with Crippen LogP contribution in [0.15, 0.2) is 18.2 Å². The SMILES string of the molecule is OC(CN1CCN(C2CC3CCC2C3)CC1)c1c(F)cccc1F. The molecular weight excluding hydrogens is 310 g/mol. The van der Waals surface area contributed by atoms with Crippen molar-refractivity contribution in [2.24, 2.45) is 11.8 Å². The first-order chi connectivity index (χ1) is 11.6. The Balaban J connectivity index is 1.32. The van der Waals surface area contributed by atoms with Gasteiger partial charge in [-0.05, 0) is 43.2 Å². The van der Waals surface area contributed by atoms with Gasteiger partial charge in [-0.3, -0.25) is 9.80 Å². The van der Waals surface area contributed by atoms with E-state index >= 15 is 0 Å². The highest BCUT2D eigenvalue weighted by atomic mass is 19.1. The van der Waals surface area contributed by atoms with Crippen LogP contribution in [0.1, 0.15) is 37.4 Å². The van der Waals surface area contributed by atoms with Gasteiger partial charge in [0.1, 0.15) is 11.6 Å². The Morgan fingerprint density at radius 1 is 1.04 bits per heavy atom. The van der Waals surface area contributed by atoms with Crippen LogP contribution in [0, 0.1) is 23.5 Å². The third-order valence-corrected chi connectivity index (χ3v) is 6.34. The van der Waals surface area contributed by atoms with E-state index in [-0.39, 0.29) is 5.56 Å². The molecular formula is C19H26F2N2O. The number of rotatable bonds is 4. The Kier molecular flexibility index (Phi) is 4.58. The second-order valence-electron chi connectivity index (χ2n) is 7.73. The Labute approximate surface area is 142 Å². The monoisotopic (exact) mass is 336 g/mol. The second kappa shape index (κ2) is 6.70. The first-order valence-electron chi connectivity index (χ1n) is 9.20. The van der Waals surface area contributed by atoms with Crippen molar-refractivity contribution in [3.05, 3.63) is 35.4 Å². The van der Waals surface area contributed by atoms with Crippen molar-refractivity contribution in [3.63, 3.8) is 0 Å². The fourth-order valence-electron chi connectivity index (χ4n) is 5.10. The molecule has 0 spiro atoms. The Bertz CT molecular complexity index is 568. The Hall–Kier alpha value is -1.04. The summed E-state index contributed by atoms with van der Waals surface area (Å²) in [7, 11) is 0. The molecule has 3 nitrogen and oxygen atoms in total. The summed E-state index contributed by atoms with van der Waals surface area (Å²) in [6.45, 7) is 4.02. The van der Waals surface area contributed by atoms with E-state index in [0.717, 1.165) is 44.1 Å². The zero-order valence-corrected chi connectivity index (χ0v) is 14.0. The quantitative estimate of drug-likeness (QED) is 0.916. The van der Waals surface area contributed by atoms with Crippen LogP contribution >= 0.6 is 0 Å². The van der Waals surface area contributed by atoms with Crippen molar-refractivity contribution >= 4 is 0 Å². The number of fused-ring (bicyclic) bond motifs is 2. The number of hydrogen-bond acceptors (Lipinski definition) is 3. The van der Waals surface area contributed by atoms with E-state index in [1.54, 1.807) is 0 Å². The number of aliphatic hydroxyl groups excluding tert-OH is 1. The van der Waals surface area contributed by atoms with Crippen molar-refractivity contribution in [3.8, 4) is 0 Å². The maximum atomic E-state index is 13.8. The fraction of sp³-hybridized carbons (Fsp3) is 0.684. The van der Waals surface area contributed by atoms with Gasteiger partial charge in [-0.25, -0.2) is 8.78 Å². The van der Waals surface area contributed by atoms with Crippen LogP contribution < -0.4 is 0 Å². The normalized spacial score (nSPS) is 32.4. The van der Waals surface area contributed by atoms with Crippen molar-refractivity contribution in [1.82, 2.24) is 9.80 Å². The smallest absolute Gasteiger partial charge is 0.131 e. The van der Waals surface area contributed by atoms with Gasteiger partial charge in [0, 0.05) is 38.8 Å². The minimum absolute atomic E-state index is 0.201. The van der Waals surface area contributed by atoms with Crippen molar-refractivity contribution in [1.29, 1.82) is 0 Å². The molecule has 1 aromatic carbocycles. The summed E-state index contributed by atoms with van der Waals surface area (Å²) in [5.41, 5.74) is -0.201. The zero-order valence-electron chi connectivity index (χ0n) is 14.0. The summed E-state index contributed by atoms with van der Waals surface area (Å²) >= 11 is 0. The lowest BCUT2D eigenvalue weighted by Crippen LogP contribution is -2.52.